The average molecular weight is 247 g/mol. The Hall–Kier alpha value is -1.81. The van der Waals surface area contributed by atoms with Gasteiger partial charge in [-0.1, -0.05) is 24.3 Å². The first-order chi connectivity index (χ1) is 8.75. The van der Waals surface area contributed by atoms with E-state index in [1.54, 1.807) is 6.08 Å². The fourth-order valence-corrected chi connectivity index (χ4v) is 1.94. The lowest BCUT2D eigenvalue weighted by Crippen LogP contribution is -2.36. The zero-order valence-electron chi connectivity index (χ0n) is 10.2. The van der Waals surface area contributed by atoms with Crippen molar-refractivity contribution in [2.75, 3.05) is 31.2 Å². The summed E-state index contributed by atoms with van der Waals surface area (Å²) in [6.45, 7) is 3.34. The molecule has 1 aliphatic heterocycles. The van der Waals surface area contributed by atoms with Gasteiger partial charge in [-0.3, -0.25) is 4.79 Å². The number of ether oxygens (including phenoxy) is 1. The topological polar surface area (TPSA) is 49.8 Å². The molecule has 18 heavy (non-hydrogen) atoms. The highest BCUT2D eigenvalue weighted by Gasteiger charge is 2.10. The van der Waals surface area contributed by atoms with Crippen LogP contribution < -0.4 is 4.90 Å². The van der Waals surface area contributed by atoms with Crippen LogP contribution in [0.15, 0.2) is 30.3 Å². The summed E-state index contributed by atoms with van der Waals surface area (Å²) in [7, 11) is 0. The van der Waals surface area contributed by atoms with E-state index in [-0.39, 0.29) is 6.42 Å². The van der Waals surface area contributed by atoms with Gasteiger partial charge < -0.3 is 14.7 Å². The fraction of sp³-hybridized carbons (Fsp3) is 0.357. The van der Waals surface area contributed by atoms with Gasteiger partial charge >= 0.3 is 5.97 Å². The van der Waals surface area contributed by atoms with Crippen molar-refractivity contribution >= 4 is 17.7 Å². The Bertz CT molecular complexity index is 436. The van der Waals surface area contributed by atoms with Gasteiger partial charge in [0.05, 0.1) is 19.6 Å². The SMILES string of the molecule is O=C(O)CC=Cc1cccc(N2CCOCC2)c1. The minimum absolute atomic E-state index is 0.0573. The van der Waals surface area contributed by atoms with Crippen LogP contribution >= 0.6 is 0 Å². The molecule has 0 aliphatic carbocycles. The highest BCUT2D eigenvalue weighted by Crippen LogP contribution is 2.18. The summed E-state index contributed by atoms with van der Waals surface area (Å²) < 4.78 is 5.32. The van der Waals surface area contributed by atoms with Crippen molar-refractivity contribution in [3.8, 4) is 0 Å². The number of hydrogen-bond acceptors (Lipinski definition) is 3. The zero-order valence-corrected chi connectivity index (χ0v) is 10.2. The van der Waals surface area contributed by atoms with Gasteiger partial charge in [-0.05, 0) is 17.7 Å². The van der Waals surface area contributed by atoms with Crippen LogP contribution in [0.1, 0.15) is 12.0 Å². The molecule has 1 heterocycles. The van der Waals surface area contributed by atoms with E-state index in [2.05, 4.69) is 17.0 Å². The number of morpholine rings is 1. The van der Waals surface area contributed by atoms with Crippen molar-refractivity contribution in [3.63, 3.8) is 0 Å². The highest BCUT2D eigenvalue weighted by molar-refractivity contribution is 5.70. The molecule has 0 radical (unpaired) electrons. The number of rotatable bonds is 4. The molecule has 1 fully saturated rings. The third kappa shape index (κ3) is 3.60. The van der Waals surface area contributed by atoms with Crippen molar-refractivity contribution in [1.82, 2.24) is 0 Å². The number of carbonyl (C=O) groups is 1. The molecule has 0 saturated carbocycles. The Kier molecular flexibility index (Phi) is 4.36. The highest BCUT2D eigenvalue weighted by atomic mass is 16.5. The molecule has 1 aromatic rings. The van der Waals surface area contributed by atoms with Gasteiger partial charge in [-0.15, -0.1) is 0 Å². The van der Waals surface area contributed by atoms with Crippen LogP contribution in [-0.2, 0) is 9.53 Å². The van der Waals surface area contributed by atoms with Crippen LogP contribution in [0.2, 0.25) is 0 Å². The smallest absolute Gasteiger partial charge is 0.307 e. The summed E-state index contributed by atoms with van der Waals surface area (Å²) >= 11 is 0. The molecule has 0 spiro atoms. The van der Waals surface area contributed by atoms with Crippen molar-refractivity contribution in [1.29, 1.82) is 0 Å². The third-order valence-electron chi connectivity index (χ3n) is 2.85. The molecule has 0 unspecified atom stereocenters. The van der Waals surface area contributed by atoms with Gasteiger partial charge in [0.1, 0.15) is 0 Å². The van der Waals surface area contributed by atoms with Gasteiger partial charge in [0.25, 0.3) is 0 Å². The lowest BCUT2D eigenvalue weighted by Gasteiger charge is -2.29. The minimum atomic E-state index is -0.810. The second-order valence-corrected chi connectivity index (χ2v) is 4.19. The lowest BCUT2D eigenvalue weighted by atomic mass is 10.1. The monoisotopic (exact) mass is 247 g/mol. The number of aliphatic carboxylic acids is 1. The molecule has 0 aromatic heterocycles. The Morgan fingerprint density at radius 2 is 2.17 bits per heavy atom. The predicted octanol–water partition coefficient (Wildman–Crippen LogP) is 2.01. The Morgan fingerprint density at radius 1 is 1.39 bits per heavy atom. The quantitative estimate of drug-likeness (QED) is 0.884. The molecule has 1 aliphatic rings. The molecule has 0 bridgehead atoms. The normalized spacial score (nSPS) is 16.1. The number of carboxylic acid groups (broad SMARTS) is 1. The fourth-order valence-electron chi connectivity index (χ4n) is 1.94. The first kappa shape index (κ1) is 12.6. The van der Waals surface area contributed by atoms with E-state index in [9.17, 15) is 4.79 Å². The van der Waals surface area contributed by atoms with Crippen molar-refractivity contribution in [3.05, 3.63) is 35.9 Å². The van der Waals surface area contributed by atoms with Crippen LogP contribution in [0.5, 0.6) is 0 Å². The molecular formula is C14H17NO3. The second kappa shape index (κ2) is 6.21. The van der Waals surface area contributed by atoms with Gasteiger partial charge in [0.2, 0.25) is 0 Å². The second-order valence-electron chi connectivity index (χ2n) is 4.19. The summed E-state index contributed by atoms with van der Waals surface area (Å²) in [5, 5.41) is 8.58. The minimum Gasteiger partial charge on any atom is -0.481 e. The van der Waals surface area contributed by atoms with E-state index in [0.717, 1.165) is 37.6 Å². The van der Waals surface area contributed by atoms with Gasteiger partial charge in [-0.25, -0.2) is 0 Å². The summed E-state index contributed by atoms with van der Waals surface area (Å²) in [5.41, 5.74) is 2.19. The van der Waals surface area contributed by atoms with Gasteiger partial charge in [0, 0.05) is 18.8 Å². The first-order valence-electron chi connectivity index (χ1n) is 6.07. The molecule has 4 nitrogen and oxygen atoms in total. The zero-order chi connectivity index (χ0) is 12.8. The van der Waals surface area contributed by atoms with Crippen LogP contribution in [0.4, 0.5) is 5.69 Å². The van der Waals surface area contributed by atoms with Crippen molar-refractivity contribution < 1.29 is 14.6 Å². The molecule has 0 amide bonds. The number of benzene rings is 1. The number of nitrogens with zero attached hydrogens (tertiary/aromatic N) is 1. The summed E-state index contributed by atoms with van der Waals surface area (Å²) in [6, 6.07) is 8.11. The van der Waals surface area contributed by atoms with E-state index in [4.69, 9.17) is 9.84 Å². The molecule has 1 N–H and O–H groups in total. The van der Waals surface area contributed by atoms with E-state index >= 15 is 0 Å². The van der Waals surface area contributed by atoms with E-state index in [1.807, 2.05) is 18.2 Å². The Labute approximate surface area is 106 Å². The molecule has 2 rings (SSSR count). The van der Waals surface area contributed by atoms with Crippen LogP contribution in [-0.4, -0.2) is 37.4 Å². The molecule has 4 heteroatoms. The maximum Gasteiger partial charge on any atom is 0.307 e. The van der Waals surface area contributed by atoms with Gasteiger partial charge in [-0.2, -0.15) is 0 Å². The van der Waals surface area contributed by atoms with Crippen LogP contribution in [0.3, 0.4) is 0 Å². The average Bonchev–Trinajstić information content (AvgIpc) is 2.40. The predicted molar refractivity (Wildman–Crippen MR) is 70.8 cm³/mol. The Balaban J connectivity index is 2.04. The summed E-state index contributed by atoms with van der Waals surface area (Å²) in [6.07, 6.45) is 3.57. The molecule has 1 saturated heterocycles. The standard InChI is InChI=1S/C14H17NO3/c16-14(17)6-2-4-12-3-1-5-13(11-12)15-7-9-18-10-8-15/h1-5,11H,6-10H2,(H,16,17). The van der Waals surface area contributed by atoms with Gasteiger partial charge in [0.15, 0.2) is 0 Å². The number of anilines is 1. The largest absolute Gasteiger partial charge is 0.481 e. The lowest BCUT2D eigenvalue weighted by molar-refractivity contribution is -0.135. The number of carboxylic acids is 1. The first-order valence-corrected chi connectivity index (χ1v) is 6.07. The third-order valence-corrected chi connectivity index (χ3v) is 2.85. The van der Waals surface area contributed by atoms with E-state index in [1.165, 1.54) is 0 Å². The summed E-state index contributed by atoms with van der Waals surface area (Å²) in [4.78, 5) is 12.7. The van der Waals surface area contributed by atoms with E-state index in [0.29, 0.717) is 0 Å². The maximum atomic E-state index is 10.4. The van der Waals surface area contributed by atoms with Crippen molar-refractivity contribution in [2.45, 2.75) is 6.42 Å². The van der Waals surface area contributed by atoms with Crippen molar-refractivity contribution in [2.24, 2.45) is 0 Å². The van der Waals surface area contributed by atoms with Crippen LogP contribution in [0, 0.1) is 0 Å². The summed E-state index contributed by atoms with van der Waals surface area (Å²) in [5.74, 6) is -0.810. The number of hydrogen-bond donors (Lipinski definition) is 1. The molecular weight excluding hydrogens is 230 g/mol. The Morgan fingerprint density at radius 3 is 2.89 bits per heavy atom. The molecule has 0 atom stereocenters. The maximum absolute atomic E-state index is 10.4. The van der Waals surface area contributed by atoms with E-state index < -0.39 is 5.97 Å². The molecule has 1 aromatic carbocycles. The molecule has 96 valence electrons. The van der Waals surface area contributed by atoms with Crippen LogP contribution in [0.25, 0.3) is 6.08 Å².